The lowest BCUT2D eigenvalue weighted by Crippen LogP contribution is -2.52. The predicted molar refractivity (Wildman–Crippen MR) is 92.2 cm³/mol. The molecule has 0 saturated carbocycles. The fourth-order valence-electron chi connectivity index (χ4n) is 3.16. The van der Waals surface area contributed by atoms with Crippen LogP contribution in [0.2, 0.25) is 0 Å². The summed E-state index contributed by atoms with van der Waals surface area (Å²) < 4.78 is 0. The second kappa shape index (κ2) is 8.18. The Hall–Kier alpha value is -1.55. The average molecular weight is 303 g/mol. The van der Waals surface area contributed by atoms with E-state index in [1.165, 1.54) is 5.69 Å². The van der Waals surface area contributed by atoms with Crippen LogP contribution in [0.4, 0.5) is 5.69 Å². The summed E-state index contributed by atoms with van der Waals surface area (Å²) in [5.74, 6) is 0.173. The van der Waals surface area contributed by atoms with Crippen molar-refractivity contribution in [1.82, 2.24) is 10.2 Å². The lowest BCUT2D eigenvalue weighted by molar-refractivity contribution is -0.126. The Balaban J connectivity index is 1.93. The van der Waals surface area contributed by atoms with Crippen LogP contribution in [0.25, 0.3) is 0 Å². The Kier molecular flexibility index (Phi) is 6.25. The van der Waals surface area contributed by atoms with E-state index in [-0.39, 0.29) is 18.0 Å². The summed E-state index contributed by atoms with van der Waals surface area (Å²) in [7, 11) is 3.97. The highest BCUT2D eigenvalue weighted by Crippen LogP contribution is 2.19. The number of benzene rings is 1. The van der Waals surface area contributed by atoms with Gasteiger partial charge >= 0.3 is 0 Å². The molecule has 4 nitrogen and oxygen atoms in total. The van der Waals surface area contributed by atoms with Gasteiger partial charge in [0.2, 0.25) is 5.91 Å². The van der Waals surface area contributed by atoms with E-state index in [1.807, 2.05) is 25.1 Å². The van der Waals surface area contributed by atoms with Crippen LogP contribution in [0.15, 0.2) is 30.3 Å². The van der Waals surface area contributed by atoms with Gasteiger partial charge in [-0.25, -0.2) is 0 Å². The quantitative estimate of drug-likeness (QED) is 0.877. The van der Waals surface area contributed by atoms with E-state index in [9.17, 15) is 4.79 Å². The largest absolute Gasteiger partial charge is 0.369 e. The summed E-state index contributed by atoms with van der Waals surface area (Å²) in [6, 6.07) is 10.7. The molecule has 1 saturated heterocycles. The number of piperidine rings is 1. The summed E-state index contributed by atoms with van der Waals surface area (Å²) in [4.78, 5) is 16.9. The number of carbonyl (C=O) groups excluding carboxylic acids is 1. The lowest BCUT2D eigenvalue weighted by atomic mass is 10.0. The average Bonchev–Trinajstić information content (AvgIpc) is 2.53. The van der Waals surface area contributed by atoms with Crippen LogP contribution in [-0.4, -0.2) is 50.1 Å². The molecule has 0 spiro atoms. The zero-order chi connectivity index (χ0) is 15.9. The standard InChI is InChI=1S/C18H29N3O/c1-4-9-17(20(2)3)18(22)19-15-10-8-13-21(14-15)16-11-6-5-7-12-16/h5-7,11-12,15,17H,4,8-10,13-14H2,1-3H3,(H,19,22). The summed E-state index contributed by atoms with van der Waals surface area (Å²) in [5.41, 5.74) is 1.25. The molecule has 1 N–H and O–H groups in total. The molecule has 0 aliphatic carbocycles. The maximum absolute atomic E-state index is 12.5. The molecular weight excluding hydrogens is 274 g/mol. The van der Waals surface area contributed by atoms with Crippen LogP contribution in [0, 0.1) is 0 Å². The SMILES string of the molecule is CCCC(C(=O)NC1CCCN(c2ccccc2)C1)N(C)C. The van der Waals surface area contributed by atoms with E-state index in [2.05, 4.69) is 41.4 Å². The second-order valence-corrected chi connectivity index (χ2v) is 6.40. The van der Waals surface area contributed by atoms with Gasteiger partial charge in [-0.05, 0) is 45.5 Å². The first-order valence-electron chi connectivity index (χ1n) is 8.38. The first-order valence-corrected chi connectivity index (χ1v) is 8.38. The van der Waals surface area contributed by atoms with E-state index in [0.29, 0.717) is 0 Å². The third-order valence-corrected chi connectivity index (χ3v) is 4.38. The zero-order valence-corrected chi connectivity index (χ0v) is 14.1. The third-order valence-electron chi connectivity index (χ3n) is 4.38. The Morgan fingerprint density at radius 2 is 2.09 bits per heavy atom. The van der Waals surface area contributed by atoms with Gasteiger partial charge in [0.15, 0.2) is 0 Å². The molecule has 0 aromatic heterocycles. The van der Waals surface area contributed by atoms with E-state index >= 15 is 0 Å². The second-order valence-electron chi connectivity index (χ2n) is 6.40. The van der Waals surface area contributed by atoms with Crippen molar-refractivity contribution < 1.29 is 4.79 Å². The number of likely N-dealkylation sites (N-methyl/N-ethyl adjacent to an activating group) is 1. The fraction of sp³-hybridized carbons (Fsp3) is 0.611. The van der Waals surface area contributed by atoms with Crippen LogP contribution >= 0.6 is 0 Å². The van der Waals surface area contributed by atoms with Crippen molar-refractivity contribution in [3.8, 4) is 0 Å². The highest BCUT2D eigenvalue weighted by atomic mass is 16.2. The molecule has 1 aromatic carbocycles. The molecule has 2 rings (SSSR count). The molecule has 4 heteroatoms. The van der Waals surface area contributed by atoms with Gasteiger partial charge in [0.1, 0.15) is 0 Å². The van der Waals surface area contributed by atoms with Gasteiger partial charge in [-0.3, -0.25) is 9.69 Å². The molecule has 1 aromatic rings. The molecule has 1 amide bonds. The van der Waals surface area contributed by atoms with Crippen molar-refractivity contribution in [2.24, 2.45) is 0 Å². The number of nitrogens with one attached hydrogen (secondary N) is 1. The van der Waals surface area contributed by atoms with Gasteiger partial charge in [0.05, 0.1) is 6.04 Å². The van der Waals surface area contributed by atoms with Gasteiger partial charge in [-0.15, -0.1) is 0 Å². The molecule has 1 aliphatic rings. The van der Waals surface area contributed by atoms with Crippen molar-refractivity contribution in [3.05, 3.63) is 30.3 Å². The number of anilines is 1. The summed E-state index contributed by atoms with van der Waals surface area (Å²) in [6.45, 7) is 4.10. The molecule has 0 radical (unpaired) electrons. The van der Waals surface area contributed by atoms with Crippen LogP contribution < -0.4 is 10.2 Å². The normalized spacial score (nSPS) is 20.0. The molecular formula is C18H29N3O. The van der Waals surface area contributed by atoms with E-state index in [0.717, 1.165) is 38.8 Å². The minimum absolute atomic E-state index is 0.0166. The Labute approximate surface area is 134 Å². The number of hydrogen-bond acceptors (Lipinski definition) is 3. The highest BCUT2D eigenvalue weighted by Gasteiger charge is 2.25. The van der Waals surface area contributed by atoms with Crippen molar-refractivity contribution >= 4 is 11.6 Å². The molecule has 2 atom stereocenters. The molecule has 0 bridgehead atoms. The van der Waals surface area contributed by atoms with Crippen LogP contribution in [0.5, 0.6) is 0 Å². The molecule has 122 valence electrons. The van der Waals surface area contributed by atoms with Gasteiger partial charge in [-0.2, -0.15) is 0 Å². The summed E-state index contributed by atoms with van der Waals surface area (Å²) in [5, 5.41) is 3.26. The number of hydrogen-bond donors (Lipinski definition) is 1. The smallest absolute Gasteiger partial charge is 0.237 e. The zero-order valence-electron chi connectivity index (χ0n) is 14.1. The highest BCUT2D eigenvalue weighted by molar-refractivity contribution is 5.82. The lowest BCUT2D eigenvalue weighted by Gasteiger charge is -2.36. The summed E-state index contributed by atoms with van der Waals surface area (Å²) in [6.07, 6.45) is 4.13. The van der Waals surface area contributed by atoms with E-state index in [4.69, 9.17) is 0 Å². The molecule has 1 aliphatic heterocycles. The molecule has 22 heavy (non-hydrogen) atoms. The van der Waals surface area contributed by atoms with Gasteiger partial charge < -0.3 is 10.2 Å². The minimum atomic E-state index is -0.0166. The first kappa shape index (κ1) is 16.8. The first-order chi connectivity index (χ1) is 10.6. The maximum atomic E-state index is 12.5. The number of nitrogens with zero attached hydrogens (tertiary/aromatic N) is 2. The predicted octanol–water partition coefficient (Wildman–Crippen LogP) is 2.50. The fourth-order valence-corrected chi connectivity index (χ4v) is 3.16. The number of amides is 1. The van der Waals surface area contributed by atoms with Crippen LogP contribution in [-0.2, 0) is 4.79 Å². The monoisotopic (exact) mass is 303 g/mol. The Morgan fingerprint density at radius 1 is 1.36 bits per heavy atom. The Bertz CT molecular complexity index is 461. The minimum Gasteiger partial charge on any atom is -0.369 e. The van der Waals surface area contributed by atoms with Gasteiger partial charge in [0, 0.05) is 24.8 Å². The van der Waals surface area contributed by atoms with Gasteiger partial charge in [-0.1, -0.05) is 31.5 Å². The van der Waals surface area contributed by atoms with E-state index in [1.54, 1.807) is 0 Å². The topological polar surface area (TPSA) is 35.6 Å². The van der Waals surface area contributed by atoms with Crippen molar-refractivity contribution in [2.45, 2.75) is 44.7 Å². The number of para-hydroxylation sites is 1. The van der Waals surface area contributed by atoms with Crippen LogP contribution in [0.1, 0.15) is 32.6 Å². The third kappa shape index (κ3) is 4.47. The van der Waals surface area contributed by atoms with E-state index < -0.39 is 0 Å². The number of rotatable bonds is 6. The Morgan fingerprint density at radius 3 is 2.73 bits per heavy atom. The molecule has 1 heterocycles. The maximum Gasteiger partial charge on any atom is 0.237 e. The van der Waals surface area contributed by atoms with Crippen molar-refractivity contribution in [2.75, 3.05) is 32.1 Å². The van der Waals surface area contributed by atoms with Gasteiger partial charge in [0.25, 0.3) is 0 Å². The summed E-state index contributed by atoms with van der Waals surface area (Å²) >= 11 is 0. The van der Waals surface area contributed by atoms with Crippen LogP contribution in [0.3, 0.4) is 0 Å². The molecule has 1 fully saturated rings. The molecule has 2 unspecified atom stereocenters. The number of carbonyl (C=O) groups is 1. The van der Waals surface area contributed by atoms with Crippen molar-refractivity contribution in [1.29, 1.82) is 0 Å². The van der Waals surface area contributed by atoms with Crippen molar-refractivity contribution in [3.63, 3.8) is 0 Å².